The first-order valence-electron chi connectivity index (χ1n) is 14.7. The van der Waals surface area contributed by atoms with Crippen LogP contribution in [0.5, 0.6) is 0 Å². The highest BCUT2D eigenvalue weighted by molar-refractivity contribution is 8.13. The summed E-state index contributed by atoms with van der Waals surface area (Å²) in [4.78, 5) is 68.1. The molecule has 1 aliphatic heterocycles. The number of thioether (sulfide) groups is 1. The van der Waals surface area contributed by atoms with Gasteiger partial charge in [-0.15, -0.1) is 0 Å². The van der Waals surface area contributed by atoms with Gasteiger partial charge in [-0.25, -0.2) is 4.79 Å². The molecule has 0 saturated heterocycles. The molecule has 0 aliphatic carbocycles. The van der Waals surface area contributed by atoms with Crippen LogP contribution in [0.25, 0.3) is 0 Å². The van der Waals surface area contributed by atoms with E-state index in [1.165, 1.54) is 49.0 Å². The minimum Gasteiger partial charge on any atom is -0.456 e. The predicted molar refractivity (Wildman–Crippen MR) is 163 cm³/mol. The number of ether oxygens (including phenoxy) is 1. The number of hydrogen-bond acceptors (Lipinski definition) is 8. The van der Waals surface area contributed by atoms with Crippen molar-refractivity contribution in [2.45, 2.75) is 97.8 Å². The number of rotatable bonds is 11. The number of esters is 1. The number of carbonyl (C=O) groups is 5. The lowest BCUT2D eigenvalue weighted by Crippen LogP contribution is -2.48. The second-order valence-electron chi connectivity index (χ2n) is 10.4. The first kappa shape index (κ1) is 34.7. The topological polar surface area (TPSA) is 144 Å². The molecule has 1 aliphatic rings. The van der Waals surface area contributed by atoms with Gasteiger partial charge in [0.15, 0.2) is 5.12 Å². The molecule has 2 heterocycles. The zero-order valence-corrected chi connectivity index (χ0v) is 25.9. The van der Waals surface area contributed by atoms with Crippen LogP contribution in [0.2, 0.25) is 0 Å². The maximum absolute atomic E-state index is 13.2. The van der Waals surface area contributed by atoms with Gasteiger partial charge >= 0.3 is 5.97 Å². The highest BCUT2D eigenvalue weighted by Gasteiger charge is 2.29. The highest BCUT2D eigenvalue weighted by Crippen LogP contribution is 2.15. The Kier molecular flexibility index (Phi) is 15.6. The number of nitrogens with one attached hydrogen (secondary N) is 3. The predicted octanol–water partition coefficient (Wildman–Crippen LogP) is 4.35. The fourth-order valence-corrected chi connectivity index (χ4v) is 4.91. The van der Waals surface area contributed by atoms with Gasteiger partial charge in [0.25, 0.3) is 11.8 Å². The summed E-state index contributed by atoms with van der Waals surface area (Å²) >= 11 is 1.29. The SMILES string of the molecule is CC=C1NC(=O)c2ccnc(c2)CNC(=O)C[C@@H](C=CCCSC(=O)CCCCCCC)OC(=O)[C@H](C(C)C)NC1=O. The second-order valence-corrected chi connectivity index (χ2v) is 11.6. The summed E-state index contributed by atoms with van der Waals surface area (Å²) < 4.78 is 5.69. The van der Waals surface area contributed by atoms with Gasteiger partial charge in [-0.2, -0.15) is 0 Å². The average molecular weight is 601 g/mol. The molecule has 0 unspecified atom stereocenters. The third-order valence-corrected chi connectivity index (χ3v) is 7.54. The number of carbonyl (C=O) groups excluding carboxylic acids is 5. The molecule has 0 aromatic carbocycles. The van der Waals surface area contributed by atoms with Crippen molar-refractivity contribution in [1.29, 1.82) is 0 Å². The molecular weight excluding hydrogens is 556 g/mol. The zero-order valence-electron chi connectivity index (χ0n) is 25.1. The number of unbranched alkanes of at least 4 members (excludes halogenated alkanes) is 4. The van der Waals surface area contributed by atoms with E-state index >= 15 is 0 Å². The number of amides is 3. The summed E-state index contributed by atoms with van der Waals surface area (Å²) in [7, 11) is 0. The van der Waals surface area contributed by atoms with Crippen LogP contribution in [0, 0.1) is 5.92 Å². The van der Waals surface area contributed by atoms with Gasteiger partial charge in [0.05, 0.1) is 18.7 Å². The lowest BCUT2D eigenvalue weighted by molar-refractivity contribution is -0.153. The summed E-state index contributed by atoms with van der Waals surface area (Å²) in [5.74, 6) is -1.99. The zero-order chi connectivity index (χ0) is 30.9. The highest BCUT2D eigenvalue weighted by atomic mass is 32.2. The average Bonchev–Trinajstić information content (AvgIpc) is 2.96. The minimum absolute atomic E-state index is 0.0124. The van der Waals surface area contributed by atoms with E-state index < -0.39 is 29.9 Å². The van der Waals surface area contributed by atoms with Crippen LogP contribution in [-0.4, -0.2) is 51.7 Å². The van der Waals surface area contributed by atoms with Crippen molar-refractivity contribution < 1.29 is 28.7 Å². The van der Waals surface area contributed by atoms with Crippen molar-refractivity contribution in [2.24, 2.45) is 5.92 Å². The van der Waals surface area contributed by atoms with Crippen LogP contribution in [0.3, 0.4) is 0 Å². The Morgan fingerprint density at radius 2 is 1.90 bits per heavy atom. The molecule has 2 bridgehead atoms. The van der Waals surface area contributed by atoms with Gasteiger partial charge in [-0.3, -0.25) is 24.2 Å². The normalized spacial score (nSPS) is 19.9. The Balaban J connectivity index is 2.13. The number of nitrogens with zero attached hydrogens (tertiary/aromatic N) is 1. The Hall–Kier alpha value is -3.47. The molecule has 1 aromatic heterocycles. The molecule has 10 nitrogen and oxygen atoms in total. The largest absolute Gasteiger partial charge is 0.456 e. The van der Waals surface area contributed by atoms with E-state index in [-0.39, 0.29) is 41.2 Å². The van der Waals surface area contributed by atoms with Crippen LogP contribution in [0.1, 0.15) is 95.1 Å². The van der Waals surface area contributed by atoms with Crippen molar-refractivity contribution in [3.05, 3.63) is 53.5 Å². The van der Waals surface area contributed by atoms with Crippen LogP contribution in [0.4, 0.5) is 0 Å². The Labute approximate surface area is 252 Å². The van der Waals surface area contributed by atoms with Crippen molar-refractivity contribution >= 4 is 40.6 Å². The van der Waals surface area contributed by atoms with Crippen LogP contribution >= 0.6 is 11.8 Å². The number of aromatic nitrogens is 1. The van der Waals surface area contributed by atoms with Crippen LogP contribution in [-0.2, 0) is 30.5 Å². The molecule has 42 heavy (non-hydrogen) atoms. The summed E-state index contributed by atoms with van der Waals surface area (Å²) in [5, 5.41) is 8.14. The van der Waals surface area contributed by atoms with E-state index in [0.717, 1.165) is 19.3 Å². The van der Waals surface area contributed by atoms with Crippen molar-refractivity contribution in [3.63, 3.8) is 0 Å². The third-order valence-electron chi connectivity index (χ3n) is 6.57. The number of pyridine rings is 1. The molecule has 0 spiro atoms. The molecule has 11 heteroatoms. The molecule has 2 rings (SSSR count). The van der Waals surface area contributed by atoms with Gasteiger partial charge in [0, 0.05) is 23.9 Å². The molecule has 1 aromatic rings. The van der Waals surface area contributed by atoms with E-state index in [2.05, 4.69) is 27.9 Å². The minimum atomic E-state index is -1.02. The van der Waals surface area contributed by atoms with E-state index in [1.54, 1.807) is 32.9 Å². The Bertz CT molecular complexity index is 1150. The van der Waals surface area contributed by atoms with E-state index in [4.69, 9.17) is 4.74 Å². The van der Waals surface area contributed by atoms with E-state index in [1.807, 2.05) is 0 Å². The lowest BCUT2D eigenvalue weighted by Gasteiger charge is -2.24. The first-order chi connectivity index (χ1) is 20.1. The van der Waals surface area contributed by atoms with Crippen LogP contribution in [0.15, 0.2) is 42.3 Å². The standard InChI is InChI=1S/C31H44N4O6S/c1-5-7-8-9-10-14-27(37)42-17-12-11-13-24-19-26(36)33-20-23-18-22(15-16-32-23)29(38)34-25(6-2)30(39)35-28(21(3)4)31(40)41-24/h6,11,13,15-16,18,21,24,28H,5,7-10,12,14,17,19-20H2,1-4H3,(H,33,36)(H,34,38)(H,35,39)/t24-,28+/m1/s1. The fraction of sp³-hybridized carbons (Fsp3) is 0.548. The summed E-state index contributed by atoms with van der Waals surface area (Å²) in [6.07, 6.45) is 11.9. The van der Waals surface area contributed by atoms with Crippen LogP contribution < -0.4 is 16.0 Å². The van der Waals surface area contributed by atoms with Crippen molar-refractivity contribution in [3.8, 4) is 0 Å². The number of fused-ring (bicyclic) bond motifs is 2. The van der Waals surface area contributed by atoms with E-state index in [0.29, 0.717) is 24.3 Å². The molecular formula is C31H44N4O6S. The number of allylic oxidation sites excluding steroid dienone is 2. The Morgan fingerprint density at radius 3 is 2.62 bits per heavy atom. The third kappa shape index (κ3) is 12.6. The molecule has 0 radical (unpaired) electrons. The smallest absolute Gasteiger partial charge is 0.329 e. The van der Waals surface area contributed by atoms with Gasteiger partial charge in [-0.05, 0) is 43.9 Å². The molecule has 0 saturated carbocycles. The van der Waals surface area contributed by atoms with Gasteiger partial charge in [0.2, 0.25) is 5.91 Å². The molecule has 0 fully saturated rings. The first-order valence-corrected chi connectivity index (χ1v) is 15.7. The Morgan fingerprint density at radius 1 is 1.14 bits per heavy atom. The van der Waals surface area contributed by atoms with Gasteiger partial charge in [-0.1, -0.05) is 70.4 Å². The molecule has 230 valence electrons. The molecule has 2 atom stereocenters. The number of cyclic esters (lactones) is 1. The van der Waals surface area contributed by atoms with Crippen molar-refractivity contribution in [2.75, 3.05) is 5.75 Å². The lowest BCUT2D eigenvalue weighted by atomic mass is 10.0. The summed E-state index contributed by atoms with van der Waals surface area (Å²) in [6.45, 7) is 7.34. The van der Waals surface area contributed by atoms with Gasteiger partial charge < -0.3 is 20.7 Å². The summed E-state index contributed by atoms with van der Waals surface area (Å²) in [5.41, 5.74) is 0.703. The quantitative estimate of drug-likeness (QED) is 0.147. The number of hydrogen-bond donors (Lipinski definition) is 3. The van der Waals surface area contributed by atoms with Crippen molar-refractivity contribution in [1.82, 2.24) is 20.9 Å². The summed E-state index contributed by atoms with van der Waals surface area (Å²) in [6, 6.07) is 2.02. The monoisotopic (exact) mass is 600 g/mol. The second kappa shape index (κ2) is 18.9. The maximum atomic E-state index is 13.2. The molecule has 3 amide bonds. The molecule has 3 N–H and O–H groups in total. The maximum Gasteiger partial charge on any atom is 0.329 e. The van der Waals surface area contributed by atoms with Gasteiger partial charge in [0.1, 0.15) is 17.8 Å². The van der Waals surface area contributed by atoms with E-state index in [9.17, 15) is 24.0 Å². The fourth-order valence-electron chi connectivity index (χ4n) is 4.14.